The number of carboxylic acids is 1. The Morgan fingerprint density at radius 1 is 1.33 bits per heavy atom. The van der Waals surface area contributed by atoms with Crippen LogP contribution in [0.5, 0.6) is 17.2 Å². The number of benzene rings is 1. The predicted molar refractivity (Wildman–Crippen MR) is 50.9 cm³/mol. The summed E-state index contributed by atoms with van der Waals surface area (Å²) in [5.41, 5.74) is 0.377. The van der Waals surface area contributed by atoms with Crippen molar-refractivity contribution in [1.29, 1.82) is 0 Å². The average molecular weight is 208 g/mol. The molecule has 15 heavy (non-hydrogen) atoms. The quantitative estimate of drug-likeness (QED) is 0.714. The Morgan fingerprint density at radius 3 is 2.67 bits per heavy atom. The molecule has 0 saturated carbocycles. The summed E-state index contributed by atoms with van der Waals surface area (Å²) in [5, 5.41) is 17.9. The zero-order chi connectivity index (χ0) is 10.8. The fourth-order valence-electron chi connectivity index (χ4n) is 1.24. The molecule has 0 saturated heterocycles. The third-order valence-corrected chi connectivity index (χ3v) is 1.93. The van der Waals surface area contributed by atoms with Crippen molar-refractivity contribution in [3.63, 3.8) is 0 Å². The normalized spacial score (nSPS) is 13.3. The minimum atomic E-state index is -1.08. The van der Waals surface area contributed by atoms with Gasteiger partial charge in [-0.1, -0.05) is 0 Å². The maximum absolute atomic E-state index is 10.3. The number of ether oxygens (including phenoxy) is 2. The molecule has 78 valence electrons. The standard InChI is InChI=1S/C10H8O5/c11-7-4-9-8(14-5-15-9)3-6(7)1-2-10(12)13/h1-4,11H,5H2,(H,12,13). The van der Waals surface area contributed by atoms with E-state index in [-0.39, 0.29) is 12.5 Å². The highest BCUT2D eigenvalue weighted by molar-refractivity contribution is 5.86. The maximum atomic E-state index is 10.3. The van der Waals surface area contributed by atoms with Crippen molar-refractivity contribution in [2.24, 2.45) is 0 Å². The molecule has 0 spiro atoms. The second kappa shape index (κ2) is 3.53. The number of carbonyl (C=O) groups is 1. The molecule has 0 radical (unpaired) electrons. The van der Waals surface area contributed by atoms with E-state index in [1.165, 1.54) is 18.2 Å². The number of rotatable bonds is 2. The van der Waals surface area contributed by atoms with Gasteiger partial charge < -0.3 is 19.7 Å². The van der Waals surface area contributed by atoms with Gasteiger partial charge in [0.15, 0.2) is 11.5 Å². The highest BCUT2D eigenvalue weighted by Gasteiger charge is 2.15. The second-order valence-electron chi connectivity index (χ2n) is 2.94. The van der Waals surface area contributed by atoms with Gasteiger partial charge in [0.25, 0.3) is 0 Å². The van der Waals surface area contributed by atoms with Crippen molar-refractivity contribution in [3.8, 4) is 17.2 Å². The highest BCUT2D eigenvalue weighted by Crippen LogP contribution is 2.37. The maximum Gasteiger partial charge on any atom is 0.328 e. The molecule has 0 aromatic heterocycles. The minimum absolute atomic E-state index is 0.0447. The number of fused-ring (bicyclic) bond motifs is 1. The van der Waals surface area contributed by atoms with E-state index in [2.05, 4.69) is 0 Å². The summed E-state index contributed by atoms with van der Waals surface area (Å²) >= 11 is 0. The predicted octanol–water partition coefficient (Wildman–Crippen LogP) is 1.22. The van der Waals surface area contributed by atoms with Crippen molar-refractivity contribution < 1.29 is 24.5 Å². The summed E-state index contributed by atoms with van der Waals surface area (Å²) in [6.07, 6.45) is 2.23. The Labute approximate surface area is 85.2 Å². The van der Waals surface area contributed by atoms with Gasteiger partial charge in [-0.25, -0.2) is 4.79 Å². The Kier molecular flexibility index (Phi) is 2.21. The molecule has 1 aliphatic rings. The lowest BCUT2D eigenvalue weighted by Crippen LogP contribution is -1.92. The Morgan fingerprint density at radius 2 is 2.00 bits per heavy atom. The van der Waals surface area contributed by atoms with Crippen LogP contribution in [0.1, 0.15) is 5.56 Å². The summed E-state index contributed by atoms with van der Waals surface area (Å²) in [6, 6.07) is 2.92. The molecule has 2 N–H and O–H groups in total. The third-order valence-electron chi connectivity index (χ3n) is 1.93. The van der Waals surface area contributed by atoms with Gasteiger partial charge in [-0.2, -0.15) is 0 Å². The molecule has 0 aliphatic carbocycles. The first kappa shape index (κ1) is 9.39. The molecular formula is C10H8O5. The molecule has 5 heteroatoms. The van der Waals surface area contributed by atoms with E-state index in [0.717, 1.165) is 6.08 Å². The summed E-state index contributed by atoms with van der Waals surface area (Å²) < 4.78 is 10.1. The molecule has 0 bridgehead atoms. The number of aliphatic carboxylic acids is 1. The Balaban J connectivity index is 2.36. The Bertz CT molecular complexity index is 436. The van der Waals surface area contributed by atoms with Crippen molar-refractivity contribution in [2.75, 3.05) is 6.79 Å². The van der Waals surface area contributed by atoms with Crippen molar-refractivity contribution in [3.05, 3.63) is 23.8 Å². The Hall–Kier alpha value is -2.17. The highest BCUT2D eigenvalue weighted by atomic mass is 16.7. The topological polar surface area (TPSA) is 76.0 Å². The fourth-order valence-corrected chi connectivity index (χ4v) is 1.24. The summed E-state index contributed by atoms with van der Waals surface area (Å²) in [7, 11) is 0. The lowest BCUT2D eigenvalue weighted by atomic mass is 10.1. The zero-order valence-corrected chi connectivity index (χ0v) is 7.64. The molecule has 0 unspecified atom stereocenters. The van der Waals surface area contributed by atoms with E-state index >= 15 is 0 Å². The van der Waals surface area contributed by atoms with E-state index in [1.807, 2.05) is 0 Å². The number of carboxylic acid groups (broad SMARTS) is 1. The largest absolute Gasteiger partial charge is 0.507 e. The molecular weight excluding hydrogens is 200 g/mol. The van der Waals surface area contributed by atoms with E-state index in [4.69, 9.17) is 14.6 Å². The van der Waals surface area contributed by atoms with E-state index in [0.29, 0.717) is 17.1 Å². The summed E-state index contributed by atoms with van der Waals surface area (Å²) in [4.78, 5) is 10.3. The first-order chi connectivity index (χ1) is 7.16. The smallest absolute Gasteiger partial charge is 0.328 e. The molecule has 0 atom stereocenters. The molecule has 0 amide bonds. The van der Waals surface area contributed by atoms with E-state index in [9.17, 15) is 9.90 Å². The van der Waals surface area contributed by atoms with Crippen LogP contribution >= 0.6 is 0 Å². The van der Waals surface area contributed by atoms with Crippen LogP contribution in [0.2, 0.25) is 0 Å². The van der Waals surface area contributed by atoms with Crippen LogP contribution in [-0.2, 0) is 4.79 Å². The van der Waals surface area contributed by atoms with Gasteiger partial charge in [-0.05, 0) is 12.1 Å². The van der Waals surface area contributed by atoms with Crippen LogP contribution in [0.15, 0.2) is 18.2 Å². The van der Waals surface area contributed by atoms with Crippen LogP contribution in [0.3, 0.4) is 0 Å². The number of aromatic hydroxyl groups is 1. The van der Waals surface area contributed by atoms with Gasteiger partial charge in [0.2, 0.25) is 6.79 Å². The molecule has 2 rings (SSSR count). The molecule has 1 aromatic rings. The van der Waals surface area contributed by atoms with Crippen molar-refractivity contribution in [1.82, 2.24) is 0 Å². The van der Waals surface area contributed by atoms with Gasteiger partial charge in [-0.15, -0.1) is 0 Å². The summed E-state index contributed by atoms with van der Waals surface area (Å²) in [5.74, 6) is -0.165. The fraction of sp³-hybridized carbons (Fsp3) is 0.100. The number of phenolic OH excluding ortho intramolecular Hbond substituents is 1. The van der Waals surface area contributed by atoms with Gasteiger partial charge >= 0.3 is 5.97 Å². The molecule has 5 nitrogen and oxygen atoms in total. The van der Waals surface area contributed by atoms with E-state index in [1.54, 1.807) is 0 Å². The monoisotopic (exact) mass is 208 g/mol. The van der Waals surface area contributed by atoms with Crippen molar-refractivity contribution in [2.45, 2.75) is 0 Å². The second-order valence-corrected chi connectivity index (χ2v) is 2.94. The third kappa shape index (κ3) is 1.85. The first-order valence-corrected chi connectivity index (χ1v) is 4.20. The summed E-state index contributed by atoms with van der Waals surface area (Å²) in [6.45, 7) is 0.112. The lowest BCUT2D eigenvalue weighted by Gasteiger charge is -2.01. The molecule has 0 fully saturated rings. The number of hydrogen-bond donors (Lipinski definition) is 2. The van der Waals surface area contributed by atoms with Crippen LogP contribution in [0.4, 0.5) is 0 Å². The van der Waals surface area contributed by atoms with Crippen molar-refractivity contribution >= 4 is 12.0 Å². The molecule has 1 heterocycles. The average Bonchev–Trinajstić information content (AvgIpc) is 2.60. The molecule has 1 aliphatic heterocycles. The SMILES string of the molecule is O=C(O)C=Cc1cc2c(cc1O)OCO2. The van der Waals surface area contributed by atoms with Gasteiger partial charge in [0, 0.05) is 17.7 Å². The van der Waals surface area contributed by atoms with Gasteiger partial charge in [-0.3, -0.25) is 0 Å². The van der Waals surface area contributed by atoms with Crippen LogP contribution in [0, 0.1) is 0 Å². The number of phenols is 1. The van der Waals surface area contributed by atoms with Crippen LogP contribution in [0.25, 0.3) is 6.08 Å². The van der Waals surface area contributed by atoms with Crippen LogP contribution in [-0.4, -0.2) is 23.0 Å². The molecule has 1 aromatic carbocycles. The van der Waals surface area contributed by atoms with E-state index < -0.39 is 5.97 Å². The van der Waals surface area contributed by atoms with Gasteiger partial charge in [0.05, 0.1) is 0 Å². The van der Waals surface area contributed by atoms with Crippen LogP contribution < -0.4 is 9.47 Å². The minimum Gasteiger partial charge on any atom is -0.507 e. The first-order valence-electron chi connectivity index (χ1n) is 4.20. The lowest BCUT2D eigenvalue weighted by molar-refractivity contribution is -0.131. The number of hydrogen-bond acceptors (Lipinski definition) is 4. The zero-order valence-electron chi connectivity index (χ0n) is 7.64. The van der Waals surface area contributed by atoms with Gasteiger partial charge in [0.1, 0.15) is 5.75 Å².